The normalized spacial score (nSPS) is 20.6. The average Bonchev–Trinajstić information content (AvgIpc) is 3.63. The molecule has 2 aliphatic heterocycles. The van der Waals surface area contributed by atoms with Crippen molar-refractivity contribution in [1.29, 1.82) is 0 Å². The van der Waals surface area contributed by atoms with Gasteiger partial charge in [0.1, 0.15) is 6.04 Å². The van der Waals surface area contributed by atoms with E-state index in [0.717, 1.165) is 54.1 Å². The summed E-state index contributed by atoms with van der Waals surface area (Å²) in [7, 11) is 3.92. The predicted octanol–water partition coefficient (Wildman–Crippen LogP) is 3.74. The minimum absolute atomic E-state index is 0.116. The number of aryl methyl sites for hydroxylation is 1. The molecule has 3 heterocycles. The predicted molar refractivity (Wildman–Crippen MR) is 153 cm³/mol. The average molecular weight is 528 g/mol. The molecule has 39 heavy (non-hydrogen) atoms. The van der Waals surface area contributed by atoms with Gasteiger partial charge in [-0.05, 0) is 64.1 Å². The molecule has 9 heteroatoms. The number of piperazine rings is 1. The lowest BCUT2D eigenvalue weighted by Gasteiger charge is -2.43. The van der Waals surface area contributed by atoms with E-state index >= 15 is 0 Å². The van der Waals surface area contributed by atoms with E-state index in [-0.39, 0.29) is 23.7 Å². The second-order valence-corrected chi connectivity index (χ2v) is 11.2. The van der Waals surface area contributed by atoms with Crippen LogP contribution in [0.1, 0.15) is 48.8 Å². The van der Waals surface area contributed by atoms with Crippen LogP contribution in [0.4, 0.5) is 11.4 Å². The fourth-order valence-corrected chi connectivity index (χ4v) is 6.18. The highest BCUT2D eigenvalue weighted by Gasteiger charge is 2.38. The van der Waals surface area contributed by atoms with Crippen LogP contribution < -0.4 is 9.80 Å². The SMILES string of the molecule is Cc1ccc(-n2nc(C(=O)N3CCN(C)CC3)nc2-c2ccc3c(c2)N(C2CCCC2)[C@H](C)C(=O)N3C)cc1. The summed E-state index contributed by atoms with van der Waals surface area (Å²) in [6.45, 7) is 7.06. The molecule has 1 saturated carbocycles. The standard InChI is InChI=1S/C30H37N7O2/c1-20-9-12-24(13-10-20)37-28(31-27(32-37)30(39)35-17-15-33(3)16-18-35)22-11-14-25-26(19-22)36(23-7-5-6-8-23)21(2)29(38)34(25)4/h9-14,19,21,23H,5-8,15-18H2,1-4H3/t21-/m1/s1. The Morgan fingerprint density at radius 2 is 1.62 bits per heavy atom. The van der Waals surface area contributed by atoms with Gasteiger partial charge < -0.3 is 19.6 Å². The molecule has 9 nitrogen and oxygen atoms in total. The number of carbonyl (C=O) groups excluding carboxylic acids is 2. The van der Waals surface area contributed by atoms with Gasteiger partial charge >= 0.3 is 0 Å². The topological polar surface area (TPSA) is 77.8 Å². The molecule has 0 unspecified atom stereocenters. The zero-order valence-electron chi connectivity index (χ0n) is 23.3. The van der Waals surface area contributed by atoms with Gasteiger partial charge in [-0.2, -0.15) is 0 Å². The molecule has 0 radical (unpaired) electrons. The summed E-state index contributed by atoms with van der Waals surface area (Å²) in [6, 6.07) is 14.3. The minimum atomic E-state index is -0.231. The summed E-state index contributed by atoms with van der Waals surface area (Å²) >= 11 is 0. The number of benzene rings is 2. The van der Waals surface area contributed by atoms with Crippen LogP contribution in [0, 0.1) is 6.92 Å². The molecule has 3 aliphatic rings. The zero-order valence-corrected chi connectivity index (χ0v) is 23.3. The minimum Gasteiger partial charge on any atom is -0.355 e. The Balaban J connectivity index is 1.45. The van der Waals surface area contributed by atoms with Crippen molar-refractivity contribution in [3.8, 4) is 17.1 Å². The lowest BCUT2D eigenvalue weighted by atomic mass is 10.0. The van der Waals surface area contributed by atoms with E-state index in [2.05, 4.69) is 29.8 Å². The molecule has 1 atom stereocenters. The fraction of sp³-hybridized carbons (Fsp3) is 0.467. The monoisotopic (exact) mass is 527 g/mol. The number of nitrogens with zero attached hydrogens (tertiary/aromatic N) is 7. The van der Waals surface area contributed by atoms with Crippen LogP contribution in [0.25, 0.3) is 17.1 Å². The van der Waals surface area contributed by atoms with E-state index in [0.29, 0.717) is 25.0 Å². The molecule has 1 aromatic heterocycles. The second kappa shape index (κ2) is 10.1. The smallest absolute Gasteiger partial charge is 0.293 e. The van der Waals surface area contributed by atoms with Gasteiger partial charge in [0.25, 0.3) is 5.91 Å². The molecule has 2 amide bonds. The Kier molecular flexibility index (Phi) is 6.62. The van der Waals surface area contributed by atoms with Crippen molar-refractivity contribution >= 4 is 23.2 Å². The second-order valence-electron chi connectivity index (χ2n) is 11.2. The van der Waals surface area contributed by atoms with Gasteiger partial charge in [0.05, 0.1) is 17.1 Å². The van der Waals surface area contributed by atoms with Gasteiger partial charge in [0, 0.05) is 44.8 Å². The Labute approximate surface area is 230 Å². The van der Waals surface area contributed by atoms with E-state index in [9.17, 15) is 9.59 Å². The summed E-state index contributed by atoms with van der Waals surface area (Å²) in [5.41, 5.74) is 4.82. The molecular formula is C30H37N7O2. The van der Waals surface area contributed by atoms with Crippen LogP contribution >= 0.6 is 0 Å². The van der Waals surface area contributed by atoms with Gasteiger partial charge in [-0.3, -0.25) is 9.59 Å². The highest BCUT2D eigenvalue weighted by molar-refractivity contribution is 6.05. The number of anilines is 2. The number of likely N-dealkylation sites (N-methyl/N-ethyl adjacent to an activating group) is 2. The Bertz CT molecular complexity index is 1380. The number of carbonyl (C=O) groups is 2. The van der Waals surface area contributed by atoms with Crippen LogP contribution in [0.5, 0.6) is 0 Å². The number of rotatable bonds is 4. The van der Waals surface area contributed by atoms with Crippen molar-refractivity contribution in [3.05, 3.63) is 53.9 Å². The van der Waals surface area contributed by atoms with Gasteiger partial charge in [-0.15, -0.1) is 5.10 Å². The summed E-state index contributed by atoms with van der Waals surface area (Å²) < 4.78 is 1.78. The number of aromatic nitrogens is 3. The van der Waals surface area contributed by atoms with Gasteiger partial charge in [-0.1, -0.05) is 30.5 Å². The maximum Gasteiger partial charge on any atom is 0.293 e. The number of amides is 2. The van der Waals surface area contributed by atoms with Gasteiger partial charge in [0.15, 0.2) is 5.82 Å². The molecule has 1 saturated heterocycles. The van der Waals surface area contributed by atoms with Crippen molar-refractivity contribution in [2.45, 2.75) is 51.6 Å². The first-order chi connectivity index (χ1) is 18.8. The summed E-state index contributed by atoms with van der Waals surface area (Å²) in [4.78, 5) is 39.6. The lowest BCUT2D eigenvalue weighted by molar-refractivity contribution is -0.119. The number of hydrogen-bond donors (Lipinski definition) is 0. The van der Waals surface area contributed by atoms with Crippen molar-refractivity contribution in [1.82, 2.24) is 24.6 Å². The van der Waals surface area contributed by atoms with Crippen molar-refractivity contribution in [2.24, 2.45) is 0 Å². The molecule has 1 aliphatic carbocycles. The van der Waals surface area contributed by atoms with E-state index in [1.165, 1.54) is 12.8 Å². The molecule has 2 aromatic carbocycles. The molecule has 2 fully saturated rings. The van der Waals surface area contributed by atoms with Crippen LogP contribution in [0.15, 0.2) is 42.5 Å². The highest BCUT2D eigenvalue weighted by Crippen LogP contribution is 2.42. The van der Waals surface area contributed by atoms with E-state index in [4.69, 9.17) is 10.1 Å². The molecule has 0 spiro atoms. The molecular weight excluding hydrogens is 490 g/mol. The van der Waals surface area contributed by atoms with E-state index in [1.807, 2.05) is 55.3 Å². The molecule has 204 valence electrons. The maximum absolute atomic E-state index is 13.5. The van der Waals surface area contributed by atoms with E-state index < -0.39 is 0 Å². The molecule has 3 aromatic rings. The highest BCUT2D eigenvalue weighted by atomic mass is 16.2. The Morgan fingerprint density at radius 3 is 2.31 bits per heavy atom. The van der Waals surface area contributed by atoms with Gasteiger partial charge in [-0.25, -0.2) is 9.67 Å². The first-order valence-electron chi connectivity index (χ1n) is 14.0. The molecule has 0 N–H and O–H groups in total. The number of fused-ring (bicyclic) bond motifs is 1. The van der Waals surface area contributed by atoms with Crippen LogP contribution in [0.3, 0.4) is 0 Å². The largest absolute Gasteiger partial charge is 0.355 e. The molecule has 6 rings (SSSR count). The van der Waals surface area contributed by atoms with Crippen LogP contribution in [0.2, 0.25) is 0 Å². The first-order valence-corrected chi connectivity index (χ1v) is 14.0. The summed E-state index contributed by atoms with van der Waals surface area (Å²) in [5.74, 6) is 0.809. The third kappa shape index (κ3) is 4.58. The van der Waals surface area contributed by atoms with Crippen molar-refractivity contribution in [2.75, 3.05) is 50.1 Å². The molecule has 0 bridgehead atoms. The quantitative estimate of drug-likeness (QED) is 0.515. The Morgan fingerprint density at radius 1 is 0.923 bits per heavy atom. The number of hydrogen-bond acceptors (Lipinski definition) is 6. The summed E-state index contributed by atoms with van der Waals surface area (Å²) in [5, 5.41) is 4.75. The van der Waals surface area contributed by atoms with Crippen molar-refractivity contribution < 1.29 is 9.59 Å². The van der Waals surface area contributed by atoms with Crippen LogP contribution in [-0.4, -0.2) is 88.7 Å². The van der Waals surface area contributed by atoms with Gasteiger partial charge in [0.2, 0.25) is 11.7 Å². The van der Waals surface area contributed by atoms with Crippen molar-refractivity contribution in [3.63, 3.8) is 0 Å². The lowest BCUT2D eigenvalue weighted by Crippen LogP contribution is -2.54. The van der Waals surface area contributed by atoms with E-state index in [1.54, 1.807) is 9.58 Å². The maximum atomic E-state index is 13.5. The zero-order chi connectivity index (χ0) is 27.3. The third-order valence-electron chi connectivity index (χ3n) is 8.56. The van der Waals surface area contributed by atoms with Crippen LogP contribution in [-0.2, 0) is 4.79 Å². The fourth-order valence-electron chi connectivity index (χ4n) is 6.18. The third-order valence-corrected chi connectivity index (χ3v) is 8.56. The Hall–Kier alpha value is -3.72. The summed E-state index contributed by atoms with van der Waals surface area (Å²) in [6.07, 6.45) is 4.56. The first kappa shape index (κ1) is 25.6.